The largest absolute Gasteiger partial charge is 0.477 e. The van der Waals surface area contributed by atoms with E-state index in [9.17, 15) is 24.3 Å². The van der Waals surface area contributed by atoms with Crippen LogP contribution < -0.4 is 5.73 Å². The van der Waals surface area contributed by atoms with Gasteiger partial charge in [-0.05, 0) is 18.4 Å². The van der Waals surface area contributed by atoms with E-state index in [0.717, 1.165) is 4.88 Å². The Bertz CT molecular complexity index is 853. The van der Waals surface area contributed by atoms with Crippen LogP contribution in [0.2, 0.25) is 0 Å². The number of β-lactam (4-membered cyclic amide) rings is 1. The Morgan fingerprint density at radius 3 is 2.71 bits per heavy atom. The van der Waals surface area contributed by atoms with Crippen molar-refractivity contribution in [3.63, 3.8) is 0 Å². The van der Waals surface area contributed by atoms with Crippen molar-refractivity contribution < 1.29 is 29.0 Å². The van der Waals surface area contributed by atoms with Gasteiger partial charge in [0.05, 0.1) is 6.54 Å². The molecule has 3 N–H and O–H groups in total. The van der Waals surface area contributed by atoms with Gasteiger partial charge in [-0.1, -0.05) is 6.07 Å². The predicted octanol–water partition coefficient (Wildman–Crippen LogP) is 1.20. The lowest BCUT2D eigenvalue weighted by Gasteiger charge is -2.53. The highest BCUT2D eigenvalue weighted by Gasteiger charge is 2.57. The molecule has 0 aliphatic carbocycles. The number of thioether (sulfide) groups is 1. The van der Waals surface area contributed by atoms with Crippen LogP contribution >= 0.6 is 23.1 Å². The average molecular weight is 425 g/mol. The summed E-state index contributed by atoms with van der Waals surface area (Å²) in [7, 11) is 0. The van der Waals surface area contributed by atoms with Crippen LogP contribution in [0.1, 0.15) is 18.7 Å². The van der Waals surface area contributed by atoms with Gasteiger partial charge in [-0.25, -0.2) is 9.59 Å². The number of ether oxygens (including phenoxy) is 1. The van der Waals surface area contributed by atoms with E-state index < -0.39 is 35.5 Å². The first-order chi connectivity index (χ1) is 13.2. The Morgan fingerprint density at radius 2 is 2.18 bits per heavy atom. The van der Waals surface area contributed by atoms with E-state index >= 15 is 0 Å². The lowest BCUT2D eigenvalue weighted by atomic mass is 9.99. The molecule has 1 saturated heterocycles. The number of nitrogens with zero attached hydrogens (tertiary/aromatic N) is 2. The minimum Gasteiger partial charge on any atom is -0.477 e. The number of carboxylic acids is 1. The number of amides is 3. The molecular formula is C17H19N3O6S2. The Hall–Kier alpha value is -2.53. The summed E-state index contributed by atoms with van der Waals surface area (Å²) in [4.78, 5) is 51.5. The number of carboxylic acid groups (broad SMARTS) is 1. The van der Waals surface area contributed by atoms with Crippen molar-refractivity contribution in [2.45, 2.75) is 37.9 Å². The van der Waals surface area contributed by atoms with Crippen LogP contribution in [0.5, 0.6) is 0 Å². The molecule has 3 atom stereocenters. The van der Waals surface area contributed by atoms with Crippen LogP contribution in [0.4, 0.5) is 4.79 Å². The summed E-state index contributed by atoms with van der Waals surface area (Å²) in [6, 6.07) is 2.99. The normalized spacial score (nSPS) is 22.2. The predicted molar refractivity (Wildman–Crippen MR) is 102 cm³/mol. The van der Waals surface area contributed by atoms with E-state index in [1.165, 1.54) is 46.7 Å². The summed E-state index contributed by atoms with van der Waals surface area (Å²) in [5, 5.41) is 11.0. The molecule has 1 fully saturated rings. The molecule has 9 nitrogen and oxygen atoms in total. The third kappa shape index (κ3) is 3.59. The van der Waals surface area contributed by atoms with Gasteiger partial charge in [0.1, 0.15) is 23.2 Å². The number of rotatable bonds is 6. The molecule has 150 valence electrons. The second-order valence-electron chi connectivity index (χ2n) is 6.34. The number of hydrogen-bond donors (Lipinski definition) is 2. The highest BCUT2D eigenvalue weighted by Crippen LogP contribution is 2.43. The zero-order valence-corrected chi connectivity index (χ0v) is 16.8. The third-order valence-electron chi connectivity index (χ3n) is 4.60. The molecule has 2 aliphatic rings. The van der Waals surface area contributed by atoms with E-state index in [-0.39, 0.29) is 23.9 Å². The van der Waals surface area contributed by atoms with Gasteiger partial charge >= 0.3 is 12.1 Å². The highest BCUT2D eigenvalue weighted by atomic mass is 32.2. The fraction of sp³-hybridized carbons (Fsp3) is 0.412. The molecule has 28 heavy (non-hydrogen) atoms. The van der Waals surface area contributed by atoms with Crippen molar-refractivity contribution in [1.82, 2.24) is 9.80 Å². The first-order valence-corrected chi connectivity index (χ1v) is 10.3. The van der Waals surface area contributed by atoms with E-state index in [0.29, 0.717) is 5.57 Å². The molecule has 0 spiro atoms. The fourth-order valence-corrected chi connectivity index (χ4v) is 5.54. The fourth-order valence-electron chi connectivity index (χ4n) is 3.31. The van der Waals surface area contributed by atoms with Gasteiger partial charge in [-0.15, -0.1) is 23.1 Å². The summed E-state index contributed by atoms with van der Waals surface area (Å²) < 4.78 is 4.90. The maximum atomic E-state index is 12.9. The first-order valence-electron chi connectivity index (χ1n) is 8.39. The second-order valence-corrected chi connectivity index (χ2v) is 8.48. The second kappa shape index (κ2) is 7.84. The summed E-state index contributed by atoms with van der Waals surface area (Å²) >= 11 is 2.81. The van der Waals surface area contributed by atoms with Crippen LogP contribution in [0.3, 0.4) is 0 Å². The van der Waals surface area contributed by atoms with Crippen molar-refractivity contribution in [1.29, 1.82) is 0 Å². The van der Waals surface area contributed by atoms with E-state index in [1.54, 1.807) is 0 Å². The molecule has 3 rings (SSSR count). The molecule has 0 saturated carbocycles. The summed E-state index contributed by atoms with van der Waals surface area (Å²) in [5.41, 5.74) is 5.11. The number of primary amides is 1. The number of carbonyl (C=O) groups is 4. The number of nitrogens with two attached hydrogens (primary N) is 1. The first kappa shape index (κ1) is 20.2. The molecular weight excluding hydrogens is 406 g/mol. The van der Waals surface area contributed by atoms with Crippen LogP contribution in [0.25, 0.3) is 0 Å². The summed E-state index contributed by atoms with van der Waals surface area (Å²) in [6.45, 7) is 3.18. The summed E-state index contributed by atoms with van der Waals surface area (Å²) in [6.07, 6.45) is -1.90. The van der Waals surface area contributed by atoms with Crippen LogP contribution in [0, 0.1) is 0 Å². The Kier molecular flexibility index (Phi) is 5.66. The third-order valence-corrected chi connectivity index (χ3v) is 6.75. The smallest absolute Gasteiger partial charge is 0.405 e. The number of fused-ring (bicyclic) bond motifs is 1. The number of thiophene rings is 1. The number of carbonyl (C=O) groups excluding carboxylic acids is 3. The molecule has 1 aromatic heterocycles. The monoisotopic (exact) mass is 425 g/mol. The Morgan fingerprint density at radius 1 is 1.46 bits per heavy atom. The lowest BCUT2D eigenvalue weighted by Crippen LogP contribution is -2.71. The van der Waals surface area contributed by atoms with Gasteiger partial charge in [0.25, 0.3) is 5.91 Å². The molecule has 1 unspecified atom stereocenters. The molecule has 0 bridgehead atoms. The van der Waals surface area contributed by atoms with Gasteiger partial charge in [-0.3, -0.25) is 14.5 Å². The molecule has 2 aliphatic heterocycles. The minimum absolute atomic E-state index is 0.210. The standard InChI is InChI=1S/C17H19N3O6S2/c1-8(26-17(18)25)11-7-28-15-13(14(22)20(15)12(11)16(23)24)19(9(2)21)6-10-4-3-5-27-10/h3-5,8,13,15H,6-7H2,1-2H3,(H2,18,25)(H,23,24)/t8?,13-,15+/m1/s1. The maximum absolute atomic E-state index is 12.9. The maximum Gasteiger partial charge on any atom is 0.405 e. The van der Waals surface area contributed by atoms with E-state index in [4.69, 9.17) is 10.5 Å². The SMILES string of the molecule is CC(=O)N(Cc1cccs1)[C@@H]1C(=O)N2C(C(=O)O)=C(C(C)OC(N)=O)CS[C@@H]12. The van der Waals surface area contributed by atoms with E-state index in [2.05, 4.69) is 0 Å². The molecule has 3 heterocycles. The van der Waals surface area contributed by atoms with E-state index in [1.807, 2.05) is 17.5 Å². The number of aliphatic carboxylic acids is 1. The van der Waals surface area contributed by atoms with Crippen molar-refractivity contribution in [3.05, 3.63) is 33.7 Å². The lowest BCUT2D eigenvalue weighted by molar-refractivity contribution is -0.160. The van der Waals surface area contributed by atoms with Gasteiger partial charge in [0.2, 0.25) is 5.91 Å². The topological polar surface area (TPSA) is 130 Å². The van der Waals surface area contributed by atoms with Gasteiger partial charge in [0, 0.05) is 23.1 Å². The van der Waals surface area contributed by atoms with Crippen molar-refractivity contribution in [2.75, 3.05) is 5.75 Å². The quantitative estimate of drug-likeness (QED) is 0.655. The average Bonchev–Trinajstić information content (AvgIpc) is 3.12. The van der Waals surface area contributed by atoms with Crippen molar-refractivity contribution >= 4 is 47.0 Å². The van der Waals surface area contributed by atoms with Gasteiger partial charge in [-0.2, -0.15) is 0 Å². The Balaban J connectivity index is 1.88. The van der Waals surface area contributed by atoms with Crippen LogP contribution in [0.15, 0.2) is 28.8 Å². The molecule has 0 aromatic carbocycles. The van der Waals surface area contributed by atoms with Crippen LogP contribution in [-0.4, -0.2) is 62.1 Å². The molecule has 1 aromatic rings. The zero-order valence-electron chi connectivity index (χ0n) is 15.2. The highest BCUT2D eigenvalue weighted by molar-refractivity contribution is 8.00. The minimum atomic E-state index is -1.29. The van der Waals surface area contributed by atoms with Gasteiger partial charge in [0.15, 0.2) is 0 Å². The molecule has 0 radical (unpaired) electrons. The summed E-state index contributed by atoms with van der Waals surface area (Å²) in [5.74, 6) is -1.78. The van der Waals surface area contributed by atoms with Gasteiger partial charge < -0.3 is 20.5 Å². The van der Waals surface area contributed by atoms with Crippen LogP contribution in [-0.2, 0) is 25.7 Å². The van der Waals surface area contributed by atoms with Crippen molar-refractivity contribution in [3.8, 4) is 0 Å². The number of hydrogen-bond acceptors (Lipinski definition) is 7. The Labute approximate surface area is 169 Å². The zero-order chi connectivity index (χ0) is 20.6. The van der Waals surface area contributed by atoms with Crippen molar-refractivity contribution in [2.24, 2.45) is 5.73 Å². The molecule has 3 amide bonds. The molecule has 11 heteroatoms.